The van der Waals surface area contributed by atoms with Crippen molar-refractivity contribution in [3.63, 3.8) is 0 Å². The van der Waals surface area contributed by atoms with Gasteiger partial charge in [-0.25, -0.2) is 8.78 Å². The van der Waals surface area contributed by atoms with Gasteiger partial charge in [-0.05, 0) is 30.3 Å². The lowest BCUT2D eigenvalue weighted by molar-refractivity contribution is 0.438. The van der Waals surface area contributed by atoms with Crippen LogP contribution >= 0.6 is 15.9 Å². The first-order valence-electron chi connectivity index (χ1n) is 5.23. The Morgan fingerprint density at radius 1 is 1.16 bits per heavy atom. The van der Waals surface area contributed by atoms with E-state index >= 15 is 0 Å². The molecule has 3 nitrogen and oxygen atoms in total. The van der Waals surface area contributed by atoms with Gasteiger partial charge in [0.1, 0.15) is 17.4 Å². The number of rotatable bonds is 3. The molecule has 0 aliphatic carbocycles. The predicted molar refractivity (Wildman–Crippen MR) is 71.6 cm³/mol. The maximum atomic E-state index is 13.7. The van der Waals surface area contributed by atoms with E-state index in [4.69, 9.17) is 15.9 Å². The summed E-state index contributed by atoms with van der Waals surface area (Å²) < 4.78 is 32.6. The Hall–Kier alpha value is -1.95. The maximum absolute atomic E-state index is 13.7. The Bertz CT molecular complexity index is 626. The van der Waals surface area contributed by atoms with Crippen molar-refractivity contribution in [1.82, 2.24) is 0 Å². The molecule has 0 heterocycles. The summed E-state index contributed by atoms with van der Waals surface area (Å²) in [5.41, 5.74) is 5.50. The van der Waals surface area contributed by atoms with E-state index in [1.165, 1.54) is 24.3 Å². The smallest absolute Gasteiger partial charge is 0.166 e. The molecule has 0 spiro atoms. The number of ether oxygens (including phenoxy) is 1. The average Bonchev–Trinajstić information content (AvgIpc) is 2.30. The Labute approximate surface area is 116 Å². The number of nitrogens with one attached hydrogen (secondary N) is 1. The van der Waals surface area contributed by atoms with E-state index in [0.29, 0.717) is 4.47 Å². The molecule has 0 radical (unpaired) electrons. The number of amidine groups is 1. The van der Waals surface area contributed by atoms with Crippen LogP contribution in [0.5, 0.6) is 11.5 Å². The number of halogens is 3. The molecule has 0 aromatic heterocycles. The van der Waals surface area contributed by atoms with Gasteiger partial charge in [0.05, 0.1) is 0 Å². The number of nitrogen functional groups attached to an aromatic ring is 1. The van der Waals surface area contributed by atoms with Gasteiger partial charge in [-0.3, -0.25) is 5.41 Å². The molecular formula is C13H9BrF2N2O. The van der Waals surface area contributed by atoms with Crippen molar-refractivity contribution in [2.75, 3.05) is 0 Å². The van der Waals surface area contributed by atoms with Crippen molar-refractivity contribution < 1.29 is 13.5 Å². The third kappa shape index (κ3) is 3.29. The maximum Gasteiger partial charge on any atom is 0.166 e. The van der Waals surface area contributed by atoms with E-state index in [1.807, 2.05) is 0 Å². The normalized spacial score (nSPS) is 10.3. The standard InChI is InChI=1S/C13H9BrF2N2O/c14-8-4-9(15)6-10(5-8)19-12-2-1-7(13(17)18)3-11(12)16/h1-6H,(H3,17,18). The second kappa shape index (κ2) is 5.36. The van der Waals surface area contributed by atoms with Crippen molar-refractivity contribution in [1.29, 1.82) is 5.41 Å². The third-order valence-corrected chi connectivity index (χ3v) is 2.76. The van der Waals surface area contributed by atoms with Crippen LogP contribution in [-0.4, -0.2) is 5.84 Å². The summed E-state index contributed by atoms with van der Waals surface area (Å²) in [6, 6.07) is 7.80. The van der Waals surface area contributed by atoms with Crippen LogP contribution < -0.4 is 10.5 Å². The van der Waals surface area contributed by atoms with Crippen LogP contribution in [0.2, 0.25) is 0 Å². The summed E-state index contributed by atoms with van der Waals surface area (Å²) in [6.07, 6.45) is 0. The molecular weight excluding hydrogens is 318 g/mol. The number of hydrogen-bond donors (Lipinski definition) is 2. The first-order chi connectivity index (χ1) is 8.95. The van der Waals surface area contributed by atoms with Crippen molar-refractivity contribution in [2.45, 2.75) is 0 Å². The van der Waals surface area contributed by atoms with Gasteiger partial charge in [0.2, 0.25) is 0 Å². The minimum absolute atomic E-state index is 0.0671. The molecule has 98 valence electrons. The molecule has 2 rings (SSSR count). The predicted octanol–water partition coefficient (Wildman–Crippen LogP) is 3.80. The van der Waals surface area contributed by atoms with Crippen LogP contribution in [0.15, 0.2) is 40.9 Å². The number of hydrogen-bond acceptors (Lipinski definition) is 2. The van der Waals surface area contributed by atoms with Crippen LogP contribution in [0, 0.1) is 17.0 Å². The zero-order valence-corrected chi connectivity index (χ0v) is 11.2. The van der Waals surface area contributed by atoms with E-state index in [-0.39, 0.29) is 22.9 Å². The van der Waals surface area contributed by atoms with Gasteiger partial charge in [-0.15, -0.1) is 0 Å². The molecule has 0 bridgehead atoms. The first kappa shape index (κ1) is 13.5. The highest BCUT2D eigenvalue weighted by Gasteiger charge is 2.08. The summed E-state index contributed by atoms with van der Waals surface area (Å²) in [4.78, 5) is 0. The highest BCUT2D eigenvalue weighted by atomic mass is 79.9. The summed E-state index contributed by atoms with van der Waals surface area (Å²) in [5.74, 6) is -1.30. The van der Waals surface area contributed by atoms with Crippen LogP contribution in [0.4, 0.5) is 8.78 Å². The van der Waals surface area contributed by atoms with E-state index in [9.17, 15) is 8.78 Å². The zero-order valence-electron chi connectivity index (χ0n) is 9.58. The molecule has 2 aromatic carbocycles. The average molecular weight is 327 g/mol. The molecule has 0 amide bonds. The SMILES string of the molecule is N=C(N)c1ccc(Oc2cc(F)cc(Br)c2)c(F)c1. The van der Waals surface area contributed by atoms with Gasteiger partial charge in [-0.2, -0.15) is 0 Å². The Morgan fingerprint density at radius 2 is 1.89 bits per heavy atom. The van der Waals surface area contributed by atoms with Gasteiger partial charge in [0, 0.05) is 16.1 Å². The molecule has 0 atom stereocenters. The summed E-state index contributed by atoms with van der Waals surface area (Å²) in [7, 11) is 0. The van der Waals surface area contributed by atoms with Gasteiger partial charge in [0.15, 0.2) is 11.6 Å². The molecule has 0 saturated carbocycles. The topological polar surface area (TPSA) is 59.1 Å². The fourth-order valence-corrected chi connectivity index (χ4v) is 1.91. The van der Waals surface area contributed by atoms with Crippen molar-refractivity contribution in [3.05, 3.63) is 58.1 Å². The fourth-order valence-electron chi connectivity index (χ4n) is 1.47. The lowest BCUT2D eigenvalue weighted by Gasteiger charge is -2.08. The van der Waals surface area contributed by atoms with E-state index in [0.717, 1.165) is 12.1 Å². The molecule has 3 N–H and O–H groups in total. The molecule has 0 aliphatic heterocycles. The van der Waals surface area contributed by atoms with E-state index in [2.05, 4.69) is 15.9 Å². The van der Waals surface area contributed by atoms with E-state index < -0.39 is 11.6 Å². The number of nitrogens with two attached hydrogens (primary N) is 1. The van der Waals surface area contributed by atoms with Crippen LogP contribution in [-0.2, 0) is 0 Å². The lowest BCUT2D eigenvalue weighted by atomic mass is 10.2. The quantitative estimate of drug-likeness (QED) is 0.665. The van der Waals surface area contributed by atoms with Crippen molar-refractivity contribution >= 4 is 21.8 Å². The largest absolute Gasteiger partial charge is 0.454 e. The first-order valence-corrected chi connectivity index (χ1v) is 6.03. The highest BCUT2D eigenvalue weighted by molar-refractivity contribution is 9.10. The Morgan fingerprint density at radius 3 is 2.47 bits per heavy atom. The molecule has 2 aromatic rings. The summed E-state index contributed by atoms with van der Waals surface area (Å²) in [6.45, 7) is 0. The second-order valence-corrected chi connectivity index (χ2v) is 4.68. The highest BCUT2D eigenvalue weighted by Crippen LogP contribution is 2.28. The third-order valence-electron chi connectivity index (χ3n) is 2.31. The second-order valence-electron chi connectivity index (χ2n) is 3.77. The van der Waals surface area contributed by atoms with Gasteiger partial charge >= 0.3 is 0 Å². The van der Waals surface area contributed by atoms with Gasteiger partial charge < -0.3 is 10.5 Å². The summed E-state index contributed by atoms with van der Waals surface area (Å²) >= 11 is 3.12. The van der Waals surface area contributed by atoms with Crippen molar-refractivity contribution in [2.24, 2.45) is 5.73 Å². The minimum atomic E-state index is -0.673. The van der Waals surface area contributed by atoms with Crippen LogP contribution in [0.25, 0.3) is 0 Å². The Balaban J connectivity index is 2.30. The zero-order chi connectivity index (χ0) is 14.0. The molecule has 0 unspecified atom stereocenters. The Kier molecular flexibility index (Phi) is 3.80. The number of benzene rings is 2. The minimum Gasteiger partial charge on any atom is -0.454 e. The van der Waals surface area contributed by atoms with Crippen molar-refractivity contribution in [3.8, 4) is 11.5 Å². The van der Waals surface area contributed by atoms with Gasteiger partial charge in [0.25, 0.3) is 0 Å². The summed E-state index contributed by atoms with van der Waals surface area (Å²) in [5, 5.41) is 7.19. The lowest BCUT2D eigenvalue weighted by Crippen LogP contribution is -2.11. The van der Waals surface area contributed by atoms with E-state index in [1.54, 1.807) is 0 Å². The molecule has 0 aliphatic rings. The molecule has 0 saturated heterocycles. The molecule has 6 heteroatoms. The fraction of sp³-hybridized carbons (Fsp3) is 0. The van der Waals surface area contributed by atoms with Crippen LogP contribution in [0.3, 0.4) is 0 Å². The van der Waals surface area contributed by atoms with Crippen LogP contribution in [0.1, 0.15) is 5.56 Å². The monoisotopic (exact) mass is 326 g/mol. The molecule has 0 fully saturated rings. The molecule has 19 heavy (non-hydrogen) atoms. The van der Waals surface area contributed by atoms with Gasteiger partial charge in [-0.1, -0.05) is 15.9 Å².